The molecule has 0 radical (unpaired) electrons. The highest BCUT2D eigenvalue weighted by atomic mass is 19.1. The molecule has 2 aromatic rings. The van der Waals surface area contributed by atoms with Crippen LogP contribution in [-0.4, -0.2) is 27.4 Å². The minimum Gasteiger partial charge on any atom is -0.423 e. The maximum Gasteiger partial charge on any atom is 0.489 e. The van der Waals surface area contributed by atoms with Gasteiger partial charge in [0.25, 0.3) is 0 Å². The van der Waals surface area contributed by atoms with Gasteiger partial charge in [-0.2, -0.15) is 9.49 Å². The van der Waals surface area contributed by atoms with Crippen molar-refractivity contribution in [2.45, 2.75) is 0 Å². The van der Waals surface area contributed by atoms with Gasteiger partial charge in [0.05, 0.1) is 10.9 Å². The van der Waals surface area contributed by atoms with E-state index in [1.165, 1.54) is 6.07 Å². The third kappa shape index (κ3) is 1.20. The van der Waals surface area contributed by atoms with Crippen LogP contribution in [0.5, 0.6) is 0 Å². The van der Waals surface area contributed by atoms with E-state index in [0.717, 1.165) is 0 Å². The lowest BCUT2D eigenvalue weighted by molar-refractivity contribution is 0.426. The minimum absolute atomic E-state index is 0.115. The highest BCUT2D eigenvalue weighted by molar-refractivity contribution is 6.61. The van der Waals surface area contributed by atoms with Gasteiger partial charge in [-0.15, -0.1) is 0 Å². The first-order chi connectivity index (χ1) is 6.20. The van der Waals surface area contributed by atoms with Gasteiger partial charge in [0, 0.05) is 0 Å². The molecule has 6 heteroatoms. The Morgan fingerprint density at radius 2 is 2.15 bits per heavy atom. The Bertz CT molecular complexity index is 443. The average molecular weight is 180 g/mol. The van der Waals surface area contributed by atoms with Crippen LogP contribution < -0.4 is 5.46 Å². The first-order valence-corrected chi connectivity index (χ1v) is 3.69. The number of hydrogen-bond donors (Lipinski definition) is 3. The second-order valence-corrected chi connectivity index (χ2v) is 2.65. The molecule has 0 unspecified atom stereocenters. The monoisotopic (exact) mass is 180 g/mol. The molecule has 0 saturated heterocycles. The maximum absolute atomic E-state index is 13.0. The summed E-state index contributed by atoms with van der Waals surface area (Å²) in [6.45, 7) is 0. The molecule has 0 aliphatic carbocycles. The first kappa shape index (κ1) is 8.21. The highest BCUT2D eigenvalue weighted by Crippen LogP contribution is 2.11. The van der Waals surface area contributed by atoms with Crippen LogP contribution in [0.3, 0.4) is 0 Å². The van der Waals surface area contributed by atoms with E-state index in [1.54, 1.807) is 12.1 Å². The lowest BCUT2D eigenvalue weighted by Crippen LogP contribution is -2.30. The summed E-state index contributed by atoms with van der Waals surface area (Å²) in [5, 5.41) is 23.7. The molecule has 66 valence electrons. The fourth-order valence-electron chi connectivity index (χ4n) is 1.27. The number of nitrogens with zero attached hydrogens (tertiary/aromatic N) is 1. The van der Waals surface area contributed by atoms with Gasteiger partial charge in [0.15, 0.2) is 0 Å². The number of fused-ring (bicyclic) bond motifs is 1. The summed E-state index contributed by atoms with van der Waals surface area (Å²) >= 11 is 0. The van der Waals surface area contributed by atoms with E-state index in [0.29, 0.717) is 5.52 Å². The topological polar surface area (TPSA) is 69.1 Å². The van der Waals surface area contributed by atoms with Crippen LogP contribution in [0, 0.1) is 5.95 Å². The van der Waals surface area contributed by atoms with Crippen molar-refractivity contribution in [3.8, 4) is 0 Å². The Balaban J connectivity index is 2.80. The second-order valence-electron chi connectivity index (χ2n) is 2.65. The predicted octanol–water partition coefficient (Wildman–Crippen LogP) is -0.618. The minimum atomic E-state index is -1.68. The first-order valence-electron chi connectivity index (χ1n) is 3.69. The quantitative estimate of drug-likeness (QED) is 0.512. The van der Waals surface area contributed by atoms with Gasteiger partial charge in [-0.1, -0.05) is 12.1 Å². The summed E-state index contributed by atoms with van der Waals surface area (Å²) in [6.07, 6.45) is 0. The molecule has 0 saturated carbocycles. The molecule has 1 aromatic heterocycles. The predicted molar refractivity (Wildman–Crippen MR) is 45.9 cm³/mol. The number of H-pyrrole nitrogens is 1. The summed E-state index contributed by atoms with van der Waals surface area (Å²) in [5.74, 6) is -0.654. The van der Waals surface area contributed by atoms with Crippen molar-refractivity contribution in [1.82, 2.24) is 10.2 Å². The number of aromatic amines is 1. The Kier molecular flexibility index (Phi) is 1.79. The van der Waals surface area contributed by atoms with Crippen molar-refractivity contribution in [3.63, 3.8) is 0 Å². The van der Waals surface area contributed by atoms with Crippen LogP contribution in [0.1, 0.15) is 0 Å². The molecule has 13 heavy (non-hydrogen) atoms. The molecule has 0 atom stereocenters. The summed E-state index contributed by atoms with van der Waals surface area (Å²) in [7, 11) is -1.68. The van der Waals surface area contributed by atoms with Crippen molar-refractivity contribution in [2.24, 2.45) is 0 Å². The summed E-state index contributed by atoms with van der Waals surface area (Å²) in [4.78, 5) is 0. The Morgan fingerprint density at radius 1 is 1.38 bits per heavy atom. The highest BCUT2D eigenvalue weighted by Gasteiger charge is 2.18. The van der Waals surface area contributed by atoms with Crippen LogP contribution in [-0.2, 0) is 0 Å². The van der Waals surface area contributed by atoms with Crippen molar-refractivity contribution >= 4 is 23.5 Å². The lowest BCUT2D eigenvalue weighted by Gasteiger charge is -1.99. The van der Waals surface area contributed by atoms with E-state index >= 15 is 0 Å². The van der Waals surface area contributed by atoms with Crippen molar-refractivity contribution in [3.05, 3.63) is 24.1 Å². The van der Waals surface area contributed by atoms with E-state index in [9.17, 15) is 4.39 Å². The maximum atomic E-state index is 13.0. The van der Waals surface area contributed by atoms with Gasteiger partial charge in [-0.25, -0.2) is 0 Å². The fourth-order valence-corrected chi connectivity index (χ4v) is 1.27. The van der Waals surface area contributed by atoms with E-state index in [-0.39, 0.29) is 10.8 Å². The van der Waals surface area contributed by atoms with Crippen LogP contribution >= 0.6 is 0 Å². The van der Waals surface area contributed by atoms with Crippen LogP contribution in [0.4, 0.5) is 4.39 Å². The third-order valence-electron chi connectivity index (χ3n) is 1.85. The molecule has 0 spiro atoms. The van der Waals surface area contributed by atoms with Gasteiger partial charge in [0.2, 0.25) is 5.95 Å². The van der Waals surface area contributed by atoms with E-state index in [4.69, 9.17) is 10.0 Å². The Hall–Kier alpha value is -1.40. The average Bonchev–Trinajstić information content (AvgIpc) is 2.48. The second kappa shape index (κ2) is 2.83. The zero-order valence-electron chi connectivity index (χ0n) is 6.53. The standard InChI is InChI=1S/C7H6BFN2O2/c9-7-6-4(8(12)13)2-1-3-5(6)10-11-7/h1-3,12-13H,(H,10,11). The zero-order chi connectivity index (χ0) is 9.42. The SMILES string of the molecule is OB(O)c1cccc2n[nH]c(F)c12. The molecule has 4 nitrogen and oxygen atoms in total. The number of nitrogens with one attached hydrogen (secondary N) is 1. The van der Waals surface area contributed by atoms with Gasteiger partial charge < -0.3 is 10.0 Å². The van der Waals surface area contributed by atoms with Crippen molar-refractivity contribution in [1.29, 1.82) is 0 Å². The van der Waals surface area contributed by atoms with E-state index in [1.807, 2.05) is 0 Å². The Labute approximate surface area is 73.2 Å². The van der Waals surface area contributed by atoms with Crippen LogP contribution in [0.25, 0.3) is 10.9 Å². The number of benzene rings is 1. The van der Waals surface area contributed by atoms with Gasteiger partial charge >= 0.3 is 7.12 Å². The summed E-state index contributed by atoms with van der Waals surface area (Å²) in [6, 6.07) is 4.60. The number of aromatic nitrogens is 2. The third-order valence-corrected chi connectivity index (χ3v) is 1.85. The number of rotatable bonds is 1. The van der Waals surface area contributed by atoms with Crippen molar-refractivity contribution in [2.75, 3.05) is 0 Å². The molecular weight excluding hydrogens is 174 g/mol. The van der Waals surface area contributed by atoms with Gasteiger partial charge in [-0.3, -0.25) is 5.10 Å². The molecule has 0 aliphatic rings. The lowest BCUT2D eigenvalue weighted by atomic mass is 9.78. The Morgan fingerprint density at radius 3 is 2.85 bits per heavy atom. The molecule has 1 heterocycles. The molecular formula is C7H6BFN2O2. The van der Waals surface area contributed by atoms with Crippen molar-refractivity contribution < 1.29 is 14.4 Å². The number of halogens is 1. The van der Waals surface area contributed by atoms with E-state index < -0.39 is 13.1 Å². The smallest absolute Gasteiger partial charge is 0.423 e. The zero-order valence-corrected chi connectivity index (χ0v) is 6.53. The fraction of sp³-hybridized carbons (Fsp3) is 0. The molecule has 0 fully saturated rings. The number of hydrogen-bond acceptors (Lipinski definition) is 3. The molecule has 0 aliphatic heterocycles. The normalized spacial score (nSPS) is 10.7. The van der Waals surface area contributed by atoms with Crippen LogP contribution in [0.15, 0.2) is 18.2 Å². The molecule has 3 N–H and O–H groups in total. The molecule has 1 aromatic carbocycles. The molecule has 2 rings (SSSR count). The van der Waals surface area contributed by atoms with Gasteiger partial charge in [-0.05, 0) is 11.5 Å². The summed E-state index contributed by atoms with van der Waals surface area (Å²) in [5.41, 5.74) is 0.492. The summed E-state index contributed by atoms with van der Waals surface area (Å²) < 4.78 is 13.0. The van der Waals surface area contributed by atoms with E-state index in [2.05, 4.69) is 10.2 Å². The molecule has 0 bridgehead atoms. The molecule has 0 amide bonds. The largest absolute Gasteiger partial charge is 0.489 e. The van der Waals surface area contributed by atoms with Crippen LogP contribution in [0.2, 0.25) is 0 Å². The van der Waals surface area contributed by atoms with Gasteiger partial charge in [0.1, 0.15) is 0 Å².